The fourth-order valence-electron chi connectivity index (χ4n) is 2.17. The fourth-order valence-corrected chi connectivity index (χ4v) is 2.17. The topological polar surface area (TPSA) is 51.7 Å². The summed E-state index contributed by atoms with van der Waals surface area (Å²) in [5.74, 6) is 0.612. The number of pyridine rings is 1. The summed E-state index contributed by atoms with van der Waals surface area (Å²) in [5, 5.41) is 0. The van der Waals surface area contributed by atoms with Crippen LogP contribution in [-0.2, 0) is 4.74 Å². The summed E-state index contributed by atoms with van der Waals surface area (Å²) in [6.45, 7) is 10.6. The number of Topliss-reactive ketones (excluding diaryl/α,β-unsaturated/α-hetero) is 1. The highest BCUT2D eigenvalue weighted by Crippen LogP contribution is 2.22. The van der Waals surface area contributed by atoms with Gasteiger partial charge in [0.25, 0.3) is 0 Å². The highest BCUT2D eigenvalue weighted by atomic mass is 16.5. The van der Waals surface area contributed by atoms with Crippen molar-refractivity contribution < 1.29 is 14.3 Å². The number of hydrogen-bond acceptors (Lipinski definition) is 5. The molecule has 1 aromatic rings. The van der Waals surface area contributed by atoms with Crippen LogP contribution in [0.25, 0.3) is 0 Å². The highest BCUT2D eigenvalue weighted by Gasteiger charge is 2.23. The maximum Gasteiger partial charge on any atom is 0.213 e. The standard InChI is InChI=1S/C16H24N2O3/c1-16(2,3)15(19)13-4-5-17-14(12-13)21-11-8-18-6-9-20-10-7-18/h4-5,12H,6-11H2,1-3H3. The molecule has 0 bridgehead atoms. The van der Waals surface area contributed by atoms with Crippen LogP contribution in [0.3, 0.4) is 0 Å². The lowest BCUT2D eigenvalue weighted by atomic mass is 9.87. The van der Waals surface area contributed by atoms with Crippen molar-refractivity contribution in [2.75, 3.05) is 39.5 Å². The third kappa shape index (κ3) is 4.79. The van der Waals surface area contributed by atoms with E-state index in [1.807, 2.05) is 20.8 Å². The first-order valence-corrected chi connectivity index (χ1v) is 7.40. The van der Waals surface area contributed by atoms with Crippen LogP contribution in [0.2, 0.25) is 0 Å². The van der Waals surface area contributed by atoms with Crippen molar-refractivity contribution in [2.45, 2.75) is 20.8 Å². The zero-order chi connectivity index (χ0) is 15.3. The summed E-state index contributed by atoms with van der Waals surface area (Å²) >= 11 is 0. The first-order chi connectivity index (χ1) is 9.97. The van der Waals surface area contributed by atoms with Crippen LogP contribution >= 0.6 is 0 Å². The number of aromatic nitrogens is 1. The van der Waals surface area contributed by atoms with Crippen LogP contribution < -0.4 is 4.74 Å². The summed E-state index contributed by atoms with van der Waals surface area (Å²) < 4.78 is 11.0. The molecule has 0 atom stereocenters. The summed E-state index contributed by atoms with van der Waals surface area (Å²) in [7, 11) is 0. The van der Waals surface area contributed by atoms with Gasteiger partial charge >= 0.3 is 0 Å². The molecular formula is C16H24N2O3. The van der Waals surface area contributed by atoms with Gasteiger partial charge in [-0.3, -0.25) is 9.69 Å². The number of morpholine rings is 1. The van der Waals surface area contributed by atoms with E-state index in [-0.39, 0.29) is 5.78 Å². The van der Waals surface area contributed by atoms with Crippen LogP contribution in [0.5, 0.6) is 5.88 Å². The van der Waals surface area contributed by atoms with Crippen molar-refractivity contribution in [3.63, 3.8) is 0 Å². The van der Waals surface area contributed by atoms with Crippen molar-refractivity contribution in [3.8, 4) is 5.88 Å². The van der Waals surface area contributed by atoms with E-state index in [4.69, 9.17) is 9.47 Å². The Labute approximate surface area is 126 Å². The van der Waals surface area contributed by atoms with Crippen molar-refractivity contribution in [3.05, 3.63) is 23.9 Å². The lowest BCUT2D eigenvalue weighted by Crippen LogP contribution is -2.38. The molecule has 1 aliphatic rings. The average Bonchev–Trinajstić information content (AvgIpc) is 2.47. The number of ketones is 1. The van der Waals surface area contributed by atoms with Gasteiger partial charge in [0, 0.05) is 42.9 Å². The molecule has 1 aromatic heterocycles. The van der Waals surface area contributed by atoms with Crippen LogP contribution in [0, 0.1) is 5.41 Å². The molecule has 1 fully saturated rings. The normalized spacial score (nSPS) is 16.7. The first kappa shape index (κ1) is 15.9. The minimum absolute atomic E-state index is 0.0999. The largest absolute Gasteiger partial charge is 0.476 e. The molecule has 2 rings (SSSR count). The molecule has 0 spiro atoms. The molecule has 0 aliphatic carbocycles. The van der Waals surface area contributed by atoms with Gasteiger partial charge in [0.2, 0.25) is 5.88 Å². The Morgan fingerprint density at radius 2 is 2.10 bits per heavy atom. The van der Waals surface area contributed by atoms with Gasteiger partial charge in [0.15, 0.2) is 5.78 Å². The molecule has 0 saturated carbocycles. The number of ether oxygens (including phenoxy) is 2. The molecule has 2 heterocycles. The van der Waals surface area contributed by atoms with Gasteiger partial charge in [-0.05, 0) is 6.07 Å². The van der Waals surface area contributed by atoms with E-state index in [9.17, 15) is 4.79 Å². The number of rotatable bonds is 5. The Kier molecular flexibility index (Phi) is 5.31. The second-order valence-corrected chi connectivity index (χ2v) is 6.26. The Morgan fingerprint density at radius 1 is 1.38 bits per heavy atom. The summed E-state index contributed by atoms with van der Waals surface area (Å²) in [5.41, 5.74) is 0.255. The van der Waals surface area contributed by atoms with E-state index in [0.717, 1.165) is 32.8 Å². The zero-order valence-electron chi connectivity index (χ0n) is 13.1. The van der Waals surface area contributed by atoms with E-state index in [0.29, 0.717) is 18.1 Å². The molecule has 1 saturated heterocycles. The summed E-state index contributed by atoms with van der Waals surface area (Å²) in [6.07, 6.45) is 1.63. The molecule has 0 amide bonds. The monoisotopic (exact) mass is 292 g/mol. The van der Waals surface area contributed by atoms with E-state index in [2.05, 4.69) is 9.88 Å². The fraction of sp³-hybridized carbons (Fsp3) is 0.625. The minimum Gasteiger partial charge on any atom is -0.476 e. The van der Waals surface area contributed by atoms with Gasteiger partial charge in [0.1, 0.15) is 6.61 Å². The van der Waals surface area contributed by atoms with Gasteiger partial charge in [-0.15, -0.1) is 0 Å². The van der Waals surface area contributed by atoms with E-state index in [1.165, 1.54) is 0 Å². The van der Waals surface area contributed by atoms with E-state index >= 15 is 0 Å². The first-order valence-electron chi connectivity index (χ1n) is 7.40. The van der Waals surface area contributed by atoms with Gasteiger partial charge < -0.3 is 9.47 Å². The molecule has 5 nitrogen and oxygen atoms in total. The van der Waals surface area contributed by atoms with Gasteiger partial charge in [-0.25, -0.2) is 4.98 Å². The number of carbonyl (C=O) groups excluding carboxylic acids is 1. The van der Waals surface area contributed by atoms with Crippen molar-refractivity contribution in [1.82, 2.24) is 9.88 Å². The maximum atomic E-state index is 12.2. The van der Waals surface area contributed by atoms with Crippen molar-refractivity contribution in [2.24, 2.45) is 5.41 Å². The molecule has 0 aromatic carbocycles. The Bertz CT molecular complexity index is 477. The maximum absolute atomic E-state index is 12.2. The van der Waals surface area contributed by atoms with Crippen LogP contribution in [0.4, 0.5) is 0 Å². The Hall–Kier alpha value is -1.46. The smallest absolute Gasteiger partial charge is 0.213 e. The van der Waals surface area contributed by atoms with Gasteiger partial charge in [-0.2, -0.15) is 0 Å². The molecule has 5 heteroatoms. The van der Waals surface area contributed by atoms with Crippen LogP contribution in [0.15, 0.2) is 18.3 Å². The van der Waals surface area contributed by atoms with Crippen molar-refractivity contribution >= 4 is 5.78 Å². The number of nitrogens with zero attached hydrogens (tertiary/aromatic N) is 2. The lowest BCUT2D eigenvalue weighted by molar-refractivity contribution is 0.0320. The highest BCUT2D eigenvalue weighted by molar-refractivity contribution is 5.99. The van der Waals surface area contributed by atoms with E-state index < -0.39 is 5.41 Å². The molecule has 1 aliphatic heterocycles. The Balaban J connectivity index is 1.87. The summed E-state index contributed by atoms with van der Waals surface area (Å²) in [4.78, 5) is 18.7. The van der Waals surface area contributed by atoms with Crippen molar-refractivity contribution in [1.29, 1.82) is 0 Å². The van der Waals surface area contributed by atoms with Gasteiger partial charge in [0.05, 0.1) is 13.2 Å². The quantitative estimate of drug-likeness (QED) is 0.777. The molecule has 21 heavy (non-hydrogen) atoms. The van der Waals surface area contributed by atoms with Crippen LogP contribution in [0.1, 0.15) is 31.1 Å². The lowest BCUT2D eigenvalue weighted by Gasteiger charge is -2.26. The predicted molar refractivity (Wildman–Crippen MR) is 80.8 cm³/mol. The second-order valence-electron chi connectivity index (χ2n) is 6.26. The summed E-state index contributed by atoms with van der Waals surface area (Å²) in [6, 6.07) is 3.47. The molecule has 0 unspecified atom stereocenters. The number of hydrogen-bond donors (Lipinski definition) is 0. The molecule has 0 N–H and O–H groups in total. The van der Waals surface area contributed by atoms with E-state index in [1.54, 1.807) is 18.3 Å². The van der Waals surface area contributed by atoms with Crippen LogP contribution in [-0.4, -0.2) is 55.1 Å². The number of carbonyl (C=O) groups is 1. The minimum atomic E-state index is -0.396. The average molecular weight is 292 g/mol. The third-order valence-electron chi connectivity index (χ3n) is 3.44. The predicted octanol–water partition coefficient (Wildman–Crippen LogP) is 2.02. The Morgan fingerprint density at radius 3 is 2.76 bits per heavy atom. The SMILES string of the molecule is CC(C)(C)C(=O)c1ccnc(OCCN2CCOCC2)c1. The molecular weight excluding hydrogens is 268 g/mol. The molecule has 116 valence electrons. The second kappa shape index (κ2) is 7.00. The van der Waals surface area contributed by atoms with Gasteiger partial charge in [-0.1, -0.05) is 20.8 Å². The third-order valence-corrected chi connectivity index (χ3v) is 3.44. The molecule has 0 radical (unpaired) electrons. The zero-order valence-corrected chi connectivity index (χ0v) is 13.1.